The van der Waals surface area contributed by atoms with Crippen molar-refractivity contribution in [1.29, 1.82) is 0 Å². The van der Waals surface area contributed by atoms with Crippen molar-refractivity contribution in [2.24, 2.45) is 21.7 Å². The van der Waals surface area contributed by atoms with Crippen molar-refractivity contribution in [1.82, 2.24) is 5.32 Å². The largest absolute Gasteiger partial charge is 0.317 e. The third kappa shape index (κ3) is 2.50. The van der Waals surface area contributed by atoms with E-state index in [1.54, 1.807) is 6.08 Å². The molecule has 1 atom stereocenters. The van der Waals surface area contributed by atoms with Gasteiger partial charge in [0.15, 0.2) is 5.78 Å². The maximum absolute atomic E-state index is 12.4. The molecule has 1 saturated heterocycles. The molecule has 4 aliphatic rings. The van der Waals surface area contributed by atoms with Crippen LogP contribution in [0.4, 0.5) is 0 Å². The third-order valence-electron chi connectivity index (χ3n) is 5.93. The number of hydrogen-bond donors (Lipinski definition) is 1. The van der Waals surface area contributed by atoms with Crippen LogP contribution in [0.1, 0.15) is 46.5 Å². The number of carbonyl (C=O) groups is 1. The Hall–Kier alpha value is -1.00. The molecule has 1 unspecified atom stereocenters. The van der Waals surface area contributed by atoms with Crippen LogP contribution in [0, 0.1) is 16.7 Å². The van der Waals surface area contributed by atoms with E-state index in [1.165, 1.54) is 21.3 Å². The number of nitrogens with one attached hydrogen (secondary N) is 1. The van der Waals surface area contributed by atoms with Gasteiger partial charge in [0.1, 0.15) is 0 Å². The molecule has 0 aromatic heterocycles. The number of hydrogen-bond acceptors (Lipinski definition) is 3. The molecule has 2 aliphatic carbocycles. The van der Waals surface area contributed by atoms with Crippen molar-refractivity contribution in [2.75, 3.05) is 13.1 Å². The molecule has 2 heterocycles. The summed E-state index contributed by atoms with van der Waals surface area (Å²) in [4.78, 5) is 17.4. The summed E-state index contributed by atoms with van der Waals surface area (Å²) in [6.45, 7) is 8.80. The molecule has 4 heteroatoms. The van der Waals surface area contributed by atoms with Gasteiger partial charge in [-0.2, -0.15) is 0 Å². The molecule has 1 fully saturated rings. The standard InChI is InChI=1S/C20H25BrN2O/c1-19(2,3)15-9-12(21)8-14-17-16(23-18(14)15)10-13(24)11-20(17)4-6-22-7-5-20/h9-10,15,22H,4-8,11H2,1-3H3. The van der Waals surface area contributed by atoms with Gasteiger partial charge in [0, 0.05) is 30.3 Å². The highest BCUT2D eigenvalue weighted by Crippen LogP contribution is 2.54. The van der Waals surface area contributed by atoms with Gasteiger partial charge in [0.25, 0.3) is 0 Å². The van der Waals surface area contributed by atoms with Crippen molar-refractivity contribution in [3.63, 3.8) is 0 Å². The van der Waals surface area contributed by atoms with Crippen LogP contribution in [0.5, 0.6) is 0 Å². The maximum atomic E-state index is 12.4. The highest BCUT2D eigenvalue weighted by Gasteiger charge is 2.48. The zero-order valence-corrected chi connectivity index (χ0v) is 16.3. The van der Waals surface area contributed by atoms with E-state index in [0.29, 0.717) is 12.3 Å². The summed E-state index contributed by atoms with van der Waals surface area (Å²) in [7, 11) is 0. The molecule has 3 nitrogen and oxygen atoms in total. The monoisotopic (exact) mass is 388 g/mol. The fraction of sp³-hybridized carbons (Fsp3) is 0.600. The summed E-state index contributed by atoms with van der Waals surface area (Å²) in [6.07, 6.45) is 7.77. The highest BCUT2D eigenvalue weighted by atomic mass is 79.9. The minimum absolute atomic E-state index is 0.0000539. The second kappa shape index (κ2) is 5.50. The van der Waals surface area contributed by atoms with Crippen molar-refractivity contribution >= 4 is 27.4 Å². The molecule has 0 saturated carbocycles. The van der Waals surface area contributed by atoms with Crippen LogP contribution in [0.25, 0.3) is 0 Å². The summed E-state index contributed by atoms with van der Waals surface area (Å²) in [5.41, 5.74) is 5.06. The molecule has 4 rings (SSSR count). The van der Waals surface area contributed by atoms with Gasteiger partial charge >= 0.3 is 0 Å². The molecule has 0 bridgehead atoms. The summed E-state index contributed by atoms with van der Waals surface area (Å²) in [5.74, 6) is 0.544. The molecular weight excluding hydrogens is 364 g/mol. The van der Waals surface area contributed by atoms with Gasteiger partial charge in [-0.25, -0.2) is 0 Å². The normalized spacial score (nSPS) is 29.1. The van der Waals surface area contributed by atoms with Gasteiger partial charge in [-0.05, 0) is 47.0 Å². The smallest absolute Gasteiger partial charge is 0.158 e. The SMILES string of the molecule is CC(C)(C)C1C=C(Br)CC2=C3C(=CC(=O)CC34CCNCC4)N=C21. The fourth-order valence-corrected chi connectivity index (χ4v) is 5.32. The molecule has 24 heavy (non-hydrogen) atoms. The van der Waals surface area contributed by atoms with Gasteiger partial charge < -0.3 is 5.32 Å². The Kier molecular flexibility index (Phi) is 3.77. The molecule has 128 valence electrons. The first-order chi connectivity index (χ1) is 11.3. The van der Waals surface area contributed by atoms with Crippen molar-refractivity contribution < 1.29 is 4.79 Å². The van der Waals surface area contributed by atoms with Crippen molar-refractivity contribution in [3.05, 3.63) is 33.5 Å². The number of allylic oxidation sites excluding steroid dienone is 5. The Balaban J connectivity index is 1.89. The molecule has 1 N–H and O–H groups in total. The molecule has 0 radical (unpaired) electrons. The first kappa shape index (κ1) is 16.5. The van der Waals surface area contributed by atoms with Gasteiger partial charge in [-0.3, -0.25) is 9.79 Å². The lowest BCUT2D eigenvalue weighted by Gasteiger charge is -2.42. The summed E-state index contributed by atoms with van der Waals surface area (Å²) >= 11 is 3.77. The average Bonchev–Trinajstić information content (AvgIpc) is 2.84. The zero-order chi connectivity index (χ0) is 17.1. The first-order valence-corrected chi connectivity index (χ1v) is 9.74. The van der Waals surface area contributed by atoms with E-state index in [9.17, 15) is 4.79 Å². The molecule has 0 aromatic carbocycles. The van der Waals surface area contributed by atoms with Gasteiger partial charge in [-0.15, -0.1) is 0 Å². The van der Waals surface area contributed by atoms with E-state index in [4.69, 9.17) is 4.99 Å². The Morgan fingerprint density at radius 1 is 1.29 bits per heavy atom. The minimum atomic E-state index is 0.0000539. The van der Waals surface area contributed by atoms with Crippen molar-refractivity contribution in [2.45, 2.75) is 46.5 Å². The second-order valence-corrected chi connectivity index (χ2v) is 9.71. The van der Waals surface area contributed by atoms with Crippen LogP contribution in [0.15, 0.2) is 38.5 Å². The third-order valence-corrected chi connectivity index (χ3v) is 6.47. The van der Waals surface area contributed by atoms with E-state index in [-0.39, 0.29) is 16.6 Å². The Bertz CT molecular complexity index is 727. The topological polar surface area (TPSA) is 41.5 Å². The van der Waals surface area contributed by atoms with Crippen molar-refractivity contribution in [3.8, 4) is 0 Å². The minimum Gasteiger partial charge on any atom is -0.317 e. The Morgan fingerprint density at radius 3 is 2.67 bits per heavy atom. The van der Waals surface area contributed by atoms with E-state index >= 15 is 0 Å². The van der Waals surface area contributed by atoms with E-state index in [1.807, 2.05) is 0 Å². The average molecular weight is 389 g/mol. The lowest BCUT2D eigenvalue weighted by atomic mass is 9.63. The number of ketones is 1. The van der Waals surface area contributed by atoms with Gasteiger partial charge in [0.2, 0.25) is 0 Å². The molecular formula is C20H25BrN2O. The second-order valence-electron chi connectivity index (χ2n) is 8.69. The lowest BCUT2D eigenvalue weighted by molar-refractivity contribution is -0.117. The quantitative estimate of drug-likeness (QED) is 0.671. The molecule has 1 spiro atoms. The first-order valence-electron chi connectivity index (χ1n) is 8.95. The predicted molar refractivity (Wildman–Crippen MR) is 101 cm³/mol. The van der Waals surface area contributed by atoms with Gasteiger partial charge in [-0.1, -0.05) is 42.8 Å². The Labute approximate surface area is 152 Å². The van der Waals surface area contributed by atoms with Crippen LogP contribution in [0.2, 0.25) is 0 Å². The number of halogens is 1. The number of rotatable bonds is 0. The van der Waals surface area contributed by atoms with Gasteiger partial charge in [0.05, 0.1) is 11.4 Å². The number of fused-ring (bicyclic) bond motifs is 3. The summed E-state index contributed by atoms with van der Waals surface area (Å²) in [6, 6.07) is 0. The van der Waals surface area contributed by atoms with Crippen LogP contribution < -0.4 is 5.32 Å². The zero-order valence-electron chi connectivity index (χ0n) is 14.7. The predicted octanol–water partition coefficient (Wildman–Crippen LogP) is 4.31. The lowest BCUT2D eigenvalue weighted by Crippen LogP contribution is -2.41. The summed E-state index contributed by atoms with van der Waals surface area (Å²) < 4.78 is 1.26. The molecule has 0 aromatic rings. The summed E-state index contributed by atoms with van der Waals surface area (Å²) in [5, 5.41) is 3.45. The van der Waals surface area contributed by atoms with E-state index in [2.05, 4.69) is 48.1 Å². The fourth-order valence-electron chi connectivity index (χ4n) is 4.77. The number of nitrogens with zero attached hydrogens (tertiary/aromatic N) is 1. The maximum Gasteiger partial charge on any atom is 0.158 e. The number of piperidine rings is 1. The van der Waals surface area contributed by atoms with E-state index < -0.39 is 0 Å². The molecule has 0 amide bonds. The van der Waals surface area contributed by atoms with E-state index in [0.717, 1.165) is 38.0 Å². The van der Waals surface area contributed by atoms with Crippen LogP contribution in [-0.2, 0) is 4.79 Å². The number of aliphatic imine (C=N–C) groups is 1. The van der Waals surface area contributed by atoms with Crippen LogP contribution in [0.3, 0.4) is 0 Å². The molecule has 2 aliphatic heterocycles. The van der Waals surface area contributed by atoms with Crippen LogP contribution in [-0.4, -0.2) is 24.6 Å². The highest BCUT2D eigenvalue weighted by molar-refractivity contribution is 9.11. The number of carbonyl (C=O) groups excluding carboxylic acids is 1. The van der Waals surface area contributed by atoms with Crippen LogP contribution >= 0.6 is 15.9 Å². The Morgan fingerprint density at radius 2 is 2.00 bits per heavy atom.